The minimum atomic E-state index is -0.495. The molecule has 2 amide bonds. The molecular formula is C20H21N3O5. The Labute approximate surface area is 162 Å². The number of carbonyl (C=O) groups is 2. The lowest BCUT2D eigenvalue weighted by Gasteiger charge is -2.14. The molecule has 0 radical (unpaired) electrons. The number of nitro groups is 1. The van der Waals surface area contributed by atoms with Crippen LogP contribution in [0.4, 0.5) is 11.4 Å². The van der Waals surface area contributed by atoms with Gasteiger partial charge in [0.2, 0.25) is 0 Å². The number of para-hydroxylation sites is 1. The molecular weight excluding hydrogens is 362 g/mol. The SMILES string of the molecule is Cc1cc(C(=O)Nc2ccccc2C(=O)NCC2CCCO2)ccc1[N+](=O)[O-]. The first kappa shape index (κ1) is 19.5. The molecule has 1 saturated heterocycles. The molecule has 8 nitrogen and oxygen atoms in total. The highest BCUT2D eigenvalue weighted by molar-refractivity contribution is 6.09. The second-order valence-electron chi connectivity index (χ2n) is 6.60. The summed E-state index contributed by atoms with van der Waals surface area (Å²) in [7, 11) is 0. The molecule has 1 aliphatic rings. The van der Waals surface area contributed by atoms with Crippen LogP contribution in [-0.2, 0) is 4.74 Å². The number of benzene rings is 2. The van der Waals surface area contributed by atoms with Crippen molar-refractivity contribution in [3.05, 3.63) is 69.3 Å². The van der Waals surface area contributed by atoms with Crippen LogP contribution in [0.5, 0.6) is 0 Å². The first-order valence-electron chi connectivity index (χ1n) is 9.01. The summed E-state index contributed by atoms with van der Waals surface area (Å²) >= 11 is 0. The van der Waals surface area contributed by atoms with Crippen LogP contribution in [0.1, 0.15) is 39.1 Å². The molecule has 1 fully saturated rings. The first-order valence-corrected chi connectivity index (χ1v) is 9.01. The van der Waals surface area contributed by atoms with E-state index in [4.69, 9.17) is 4.74 Å². The molecule has 1 atom stereocenters. The Kier molecular flexibility index (Phi) is 6.00. The van der Waals surface area contributed by atoms with Crippen molar-refractivity contribution < 1.29 is 19.2 Å². The van der Waals surface area contributed by atoms with E-state index in [1.807, 2.05) is 0 Å². The fourth-order valence-corrected chi connectivity index (χ4v) is 3.09. The topological polar surface area (TPSA) is 111 Å². The Morgan fingerprint density at radius 3 is 2.68 bits per heavy atom. The Hall–Kier alpha value is -3.26. The lowest BCUT2D eigenvalue weighted by Crippen LogP contribution is -2.32. The van der Waals surface area contributed by atoms with Gasteiger partial charge in [0.15, 0.2) is 0 Å². The molecule has 2 N–H and O–H groups in total. The number of anilines is 1. The summed E-state index contributed by atoms with van der Waals surface area (Å²) in [5.41, 5.74) is 1.32. The standard InChI is InChI=1S/C20H21N3O5/c1-13-11-14(8-9-18(13)23(26)27)19(24)22-17-7-3-2-6-16(17)20(25)21-12-15-5-4-10-28-15/h2-3,6-9,11,15H,4-5,10,12H2,1H3,(H,21,25)(H,22,24). The molecule has 0 aliphatic carbocycles. The number of rotatable bonds is 6. The van der Waals surface area contributed by atoms with Crippen molar-refractivity contribution >= 4 is 23.2 Å². The third kappa shape index (κ3) is 4.52. The van der Waals surface area contributed by atoms with Gasteiger partial charge in [-0.25, -0.2) is 0 Å². The number of nitrogens with one attached hydrogen (secondary N) is 2. The van der Waals surface area contributed by atoms with Crippen molar-refractivity contribution in [2.45, 2.75) is 25.9 Å². The van der Waals surface area contributed by atoms with Crippen LogP contribution in [0.25, 0.3) is 0 Å². The summed E-state index contributed by atoms with van der Waals surface area (Å²) < 4.78 is 5.50. The van der Waals surface area contributed by atoms with Crippen LogP contribution < -0.4 is 10.6 Å². The zero-order valence-electron chi connectivity index (χ0n) is 15.4. The fraction of sp³-hybridized carbons (Fsp3) is 0.300. The highest BCUT2D eigenvalue weighted by atomic mass is 16.6. The van der Waals surface area contributed by atoms with Crippen LogP contribution in [0.3, 0.4) is 0 Å². The van der Waals surface area contributed by atoms with Crippen molar-refractivity contribution in [1.82, 2.24) is 5.32 Å². The highest BCUT2D eigenvalue weighted by Crippen LogP contribution is 2.21. The first-order chi connectivity index (χ1) is 13.5. The summed E-state index contributed by atoms with van der Waals surface area (Å²) in [5.74, 6) is -0.747. The zero-order chi connectivity index (χ0) is 20.1. The van der Waals surface area contributed by atoms with E-state index in [1.54, 1.807) is 31.2 Å². The van der Waals surface area contributed by atoms with Crippen molar-refractivity contribution in [3.63, 3.8) is 0 Å². The third-order valence-electron chi connectivity index (χ3n) is 4.59. The highest BCUT2D eigenvalue weighted by Gasteiger charge is 2.19. The summed E-state index contributed by atoms with van der Waals surface area (Å²) in [5, 5.41) is 16.5. The molecule has 0 bridgehead atoms. The number of hydrogen-bond donors (Lipinski definition) is 2. The molecule has 0 spiro atoms. The second kappa shape index (κ2) is 8.62. The molecule has 0 aromatic heterocycles. The smallest absolute Gasteiger partial charge is 0.272 e. The van der Waals surface area contributed by atoms with E-state index in [0.29, 0.717) is 30.0 Å². The molecule has 28 heavy (non-hydrogen) atoms. The van der Waals surface area contributed by atoms with Crippen LogP contribution in [0.2, 0.25) is 0 Å². The second-order valence-corrected chi connectivity index (χ2v) is 6.60. The van der Waals surface area contributed by atoms with E-state index in [2.05, 4.69) is 10.6 Å². The van der Waals surface area contributed by atoms with Crippen molar-refractivity contribution in [2.75, 3.05) is 18.5 Å². The normalized spacial score (nSPS) is 15.8. The predicted molar refractivity (Wildman–Crippen MR) is 104 cm³/mol. The van der Waals surface area contributed by atoms with E-state index in [0.717, 1.165) is 12.8 Å². The van der Waals surface area contributed by atoms with E-state index >= 15 is 0 Å². The Morgan fingerprint density at radius 2 is 2.00 bits per heavy atom. The number of amides is 2. The maximum Gasteiger partial charge on any atom is 0.272 e. The van der Waals surface area contributed by atoms with Crippen LogP contribution >= 0.6 is 0 Å². The molecule has 1 heterocycles. The monoisotopic (exact) mass is 383 g/mol. The van der Waals surface area contributed by atoms with Gasteiger partial charge in [-0.3, -0.25) is 19.7 Å². The van der Waals surface area contributed by atoms with Crippen LogP contribution in [0.15, 0.2) is 42.5 Å². The predicted octanol–water partition coefficient (Wildman–Crippen LogP) is 3.06. The van der Waals surface area contributed by atoms with Gasteiger partial charge >= 0.3 is 0 Å². The summed E-state index contributed by atoms with van der Waals surface area (Å²) in [6, 6.07) is 10.8. The lowest BCUT2D eigenvalue weighted by atomic mass is 10.1. The zero-order valence-corrected chi connectivity index (χ0v) is 15.4. The van der Waals surface area contributed by atoms with Gasteiger partial charge in [-0.1, -0.05) is 12.1 Å². The molecule has 3 rings (SSSR count). The Morgan fingerprint density at radius 1 is 1.21 bits per heavy atom. The van der Waals surface area contributed by atoms with E-state index < -0.39 is 10.8 Å². The number of aryl methyl sites for hydroxylation is 1. The van der Waals surface area contributed by atoms with E-state index in [9.17, 15) is 19.7 Å². The average molecular weight is 383 g/mol. The minimum absolute atomic E-state index is 0.0220. The van der Waals surface area contributed by atoms with Gasteiger partial charge in [0.1, 0.15) is 0 Å². The minimum Gasteiger partial charge on any atom is -0.376 e. The van der Waals surface area contributed by atoms with Crippen LogP contribution in [-0.4, -0.2) is 36.0 Å². The number of nitrogens with zero attached hydrogens (tertiary/aromatic N) is 1. The van der Waals surface area contributed by atoms with Crippen LogP contribution in [0, 0.1) is 17.0 Å². The molecule has 1 unspecified atom stereocenters. The summed E-state index contributed by atoms with van der Waals surface area (Å²) in [6.07, 6.45) is 1.92. The molecule has 2 aromatic rings. The van der Waals surface area contributed by atoms with E-state index in [-0.39, 0.29) is 23.3 Å². The van der Waals surface area contributed by atoms with Gasteiger partial charge in [-0.05, 0) is 44.0 Å². The van der Waals surface area contributed by atoms with Gasteiger partial charge in [-0.15, -0.1) is 0 Å². The maximum absolute atomic E-state index is 12.6. The van der Waals surface area contributed by atoms with Gasteiger partial charge < -0.3 is 15.4 Å². The fourth-order valence-electron chi connectivity index (χ4n) is 3.09. The third-order valence-corrected chi connectivity index (χ3v) is 4.59. The number of ether oxygens (including phenoxy) is 1. The Bertz CT molecular complexity index is 906. The molecule has 1 aliphatic heterocycles. The van der Waals surface area contributed by atoms with Gasteiger partial charge in [0.25, 0.3) is 17.5 Å². The van der Waals surface area contributed by atoms with E-state index in [1.165, 1.54) is 18.2 Å². The molecule has 0 saturated carbocycles. The number of carbonyl (C=O) groups excluding carboxylic acids is 2. The summed E-state index contributed by atoms with van der Waals surface area (Å²) in [6.45, 7) is 2.70. The quantitative estimate of drug-likeness (QED) is 0.588. The van der Waals surface area contributed by atoms with Gasteiger partial charge in [0.05, 0.1) is 22.3 Å². The lowest BCUT2D eigenvalue weighted by molar-refractivity contribution is -0.385. The van der Waals surface area contributed by atoms with Crippen molar-refractivity contribution in [1.29, 1.82) is 0 Å². The van der Waals surface area contributed by atoms with Gasteiger partial charge in [0, 0.05) is 30.3 Å². The molecule has 2 aromatic carbocycles. The average Bonchev–Trinajstić information content (AvgIpc) is 3.19. The molecule has 146 valence electrons. The summed E-state index contributed by atoms with van der Waals surface area (Å²) in [4.78, 5) is 35.5. The largest absolute Gasteiger partial charge is 0.376 e. The maximum atomic E-state index is 12.6. The number of nitro benzene ring substituents is 1. The van der Waals surface area contributed by atoms with Crippen molar-refractivity contribution in [2.24, 2.45) is 0 Å². The Balaban J connectivity index is 1.71. The van der Waals surface area contributed by atoms with Crippen molar-refractivity contribution in [3.8, 4) is 0 Å². The number of hydrogen-bond acceptors (Lipinski definition) is 5. The van der Waals surface area contributed by atoms with Gasteiger partial charge in [-0.2, -0.15) is 0 Å². The molecule has 8 heteroatoms.